The van der Waals surface area contributed by atoms with Crippen molar-refractivity contribution in [3.05, 3.63) is 108 Å². The van der Waals surface area contributed by atoms with Gasteiger partial charge in [-0.2, -0.15) is 0 Å². The van der Waals surface area contributed by atoms with E-state index in [0.717, 1.165) is 27.6 Å². The zero-order chi connectivity index (χ0) is 24.4. The van der Waals surface area contributed by atoms with Crippen molar-refractivity contribution in [2.75, 3.05) is 10.0 Å². The minimum absolute atomic E-state index is 0.177. The Morgan fingerprint density at radius 1 is 0.857 bits per heavy atom. The SMILES string of the molecule is Cc1ccc(S(=O)(=O)Nc2ccc(C(=O)Nc3nc(-c4cccc5ccccc45)cs3)cc2)cc1. The first-order valence-corrected chi connectivity index (χ1v) is 13.2. The van der Waals surface area contributed by atoms with E-state index in [4.69, 9.17) is 0 Å². The Labute approximate surface area is 207 Å². The number of anilines is 2. The van der Waals surface area contributed by atoms with Crippen molar-refractivity contribution in [1.82, 2.24) is 4.98 Å². The van der Waals surface area contributed by atoms with Gasteiger partial charge in [0.15, 0.2) is 5.13 Å². The highest BCUT2D eigenvalue weighted by atomic mass is 32.2. The molecule has 8 heteroatoms. The molecule has 35 heavy (non-hydrogen) atoms. The largest absolute Gasteiger partial charge is 0.298 e. The van der Waals surface area contributed by atoms with Crippen LogP contribution in [0, 0.1) is 6.92 Å². The number of amides is 1. The van der Waals surface area contributed by atoms with Gasteiger partial charge in [-0.3, -0.25) is 14.8 Å². The Morgan fingerprint density at radius 3 is 2.34 bits per heavy atom. The molecule has 0 bridgehead atoms. The molecule has 6 nitrogen and oxygen atoms in total. The van der Waals surface area contributed by atoms with E-state index < -0.39 is 10.0 Å². The van der Waals surface area contributed by atoms with E-state index in [1.807, 2.05) is 36.6 Å². The predicted octanol–water partition coefficient (Wildman–Crippen LogP) is 6.32. The Balaban J connectivity index is 1.29. The van der Waals surface area contributed by atoms with Crippen LogP contribution in [0.25, 0.3) is 22.0 Å². The minimum Gasteiger partial charge on any atom is -0.298 e. The lowest BCUT2D eigenvalue weighted by molar-refractivity contribution is 0.102. The number of fused-ring (bicyclic) bond motifs is 1. The fourth-order valence-electron chi connectivity index (χ4n) is 3.69. The molecule has 0 spiro atoms. The maximum Gasteiger partial charge on any atom is 0.261 e. The highest BCUT2D eigenvalue weighted by molar-refractivity contribution is 7.92. The van der Waals surface area contributed by atoms with Gasteiger partial charge in [0.05, 0.1) is 10.6 Å². The molecule has 0 unspecified atom stereocenters. The number of sulfonamides is 1. The van der Waals surface area contributed by atoms with Gasteiger partial charge in [0.1, 0.15) is 0 Å². The summed E-state index contributed by atoms with van der Waals surface area (Å²) in [6.45, 7) is 1.89. The number of hydrogen-bond acceptors (Lipinski definition) is 5. The number of aromatic nitrogens is 1. The summed E-state index contributed by atoms with van der Waals surface area (Å²) in [4.78, 5) is 17.5. The van der Waals surface area contributed by atoms with E-state index in [-0.39, 0.29) is 10.8 Å². The van der Waals surface area contributed by atoms with E-state index in [0.29, 0.717) is 16.4 Å². The van der Waals surface area contributed by atoms with Crippen molar-refractivity contribution in [3.8, 4) is 11.3 Å². The van der Waals surface area contributed by atoms with Crippen LogP contribution in [0.4, 0.5) is 10.8 Å². The first-order valence-electron chi connectivity index (χ1n) is 10.8. The molecule has 0 aliphatic heterocycles. The molecule has 0 fully saturated rings. The second-order valence-corrected chi connectivity index (χ2v) is 10.6. The molecule has 0 aliphatic carbocycles. The van der Waals surface area contributed by atoms with Crippen LogP contribution < -0.4 is 10.0 Å². The third-order valence-corrected chi connectivity index (χ3v) is 7.68. The topological polar surface area (TPSA) is 88.2 Å². The second-order valence-electron chi connectivity index (χ2n) is 8.01. The maximum atomic E-state index is 12.7. The standard InChI is InChI=1S/C27H21N3O3S2/c1-18-9-15-22(16-10-18)35(32,33)30-21-13-11-20(12-14-21)26(31)29-27-28-25(17-34-27)24-8-4-6-19-5-2-3-7-23(19)24/h2-17,30H,1H3,(H,28,29,31). The smallest absolute Gasteiger partial charge is 0.261 e. The third-order valence-electron chi connectivity index (χ3n) is 5.52. The number of rotatable bonds is 6. The third kappa shape index (κ3) is 4.94. The van der Waals surface area contributed by atoms with E-state index in [9.17, 15) is 13.2 Å². The van der Waals surface area contributed by atoms with Crippen molar-refractivity contribution in [1.29, 1.82) is 0 Å². The molecule has 5 rings (SSSR count). The summed E-state index contributed by atoms with van der Waals surface area (Å²) in [6, 6.07) is 27.0. The lowest BCUT2D eigenvalue weighted by atomic mass is 10.0. The monoisotopic (exact) mass is 499 g/mol. The summed E-state index contributed by atoms with van der Waals surface area (Å²) < 4.78 is 27.7. The molecule has 0 aliphatic rings. The van der Waals surface area contributed by atoms with Crippen LogP contribution in [0.15, 0.2) is 101 Å². The molecule has 0 saturated carbocycles. The minimum atomic E-state index is -3.71. The van der Waals surface area contributed by atoms with Gasteiger partial charge in [-0.25, -0.2) is 13.4 Å². The average Bonchev–Trinajstić information content (AvgIpc) is 3.32. The Kier molecular flexibility index (Phi) is 6.07. The maximum absolute atomic E-state index is 12.7. The molecule has 174 valence electrons. The summed E-state index contributed by atoms with van der Waals surface area (Å²) in [5, 5.41) is 7.46. The molecule has 1 heterocycles. The predicted molar refractivity (Wildman–Crippen MR) is 141 cm³/mol. The molecule has 0 saturated heterocycles. The van der Waals surface area contributed by atoms with Crippen LogP contribution in [-0.2, 0) is 10.0 Å². The van der Waals surface area contributed by atoms with Gasteiger partial charge >= 0.3 is 0 Å². The fraction of sp³-hybridized carbons (Fsp3) is 0.0370. The van der Waals surface area contributed by atoms with Crippen LogP contribution in [0.1, 0.15) is 15.9 Å². The molecule has 0 radical (unpaired) electrons. The number of nitrogens with zero attached hydrogens (tertiary/aromatic N) is 1. The zero-order valence-electron chi connectivity index (χ0n) is 18.7. The lowest BCUT2D eigenvalue weighted by Crippen LogP contribution is -2.14. The molecule has 5 aromatic rings. The van der Waals surface area contributed by atoms with Gasteiger partial charge in [-0.15, -0.1) is 11.3 Å². The van der Waals surface area contributed by atoms with Crippen LogP contribution in [0.5, 0.6) is 0 Å². The number of hydrogen-bond donors (Lipinski definition) is 2. The van der Waals surface area contributed by atoms with Crippen molar-refractivity contribution in [2.24, 2.45) is 0 Å². The van der Waals surface area contributed by atoms with Gasteiger partial charge < -0.3 is 0 Å². The molecule has 0 atom stereocenters. The number of nitrogens with one attached hydrogen (secondary N) is 2. The van der Waals surface area contributed by atoms with Gasteiger partial charge in [-0.1, -0.05) is 60.2 Å². The van der Waals surface area contributed by atoms with Crippen molar-refractivity contribution in [3.63, 3.8) is 0 Å². The molecular formula is C27H21N3O3S2. The molecule has 2 N–H and O–H groups in total. The van der Waals surface area contributed by atoms with E-state index in [1.165, 1.54) is 11.3 Å². The lowest BCUT2D eigenvalue weighted by Gasteiger charge is -2.09. The van der Waals surface area contributed by atoms with Gasteiger partial charge in [0.25, 0.3) is 15.9 Å². The summed E-state index contributed by atoms with van der Waals surface area (Å²) >= 11 is 1.35. The fourth-order valence-corrected chi connectivity index (χ4v) is 5.46. The van der Waals surface area contributed by atoms with Crippen molar-refractivity contribution in [2.45, 2.75) is 11.8 Å². The summed E-state index contributed by atoms with van der Waals surface area (Å²) in [7, 11) is -3.71. The van der Waals surface area contributed by atoms with Gasteiger partial charge in [-0.05, 0) is 54.1 Å². The van der Waals surface area contributed by atoms with Gasteiger partial charge in [0, 0.05) is 22.2 Å². The van der Waals surface area contributed by atoms with E-state index >= 15 is 0 Å². The van der Waals surface area contributed by atoms with Crippen LogP contribution in [0.3, 0.4) is 0 Å². The highest BCUT2D eigenvalue weighted by Gasteiger charge is 2.15. The molecule has 4 aromatic carbocycles. The number of carbonyl (C=O) groups is 1. The van der Waals surface area contributed by atoms with E-state index in [2.05, 4.69) is 33.2 Å². The van der Waals surface area contributed by atoms with Crippen molar-refractivity contribution < 1.29 is 13.2 Å². The quantitative estimate of drug-likeness (QED) is 0.286. The number of benzene rings is 4. The summed E-state index contributed by atoms with van der Waals surface area (Å²) in [6.07, 6.45) is 0. The second kappa shape index (κ2) is 9.32. The number of carbonyl (C=O) groups excluding carboxylic acids is 1. The molecule has 1 amide bonds. The summed E-state index contributed by atoms with van der Waals surface area (Å²) in [5.74, 6) is -0.322. The average molecular weight is 500 g/mol. The number of thiazole rings is 1. The van der Waals surface area contributed by atoms with Gasteiger partial charge in [0.2, 0.25) is 0 Å². The number of aryl methyl sites for hydroxylation is 1. The first kappa shape index (κ1) is 22.8. The van der Waals surface area contributed by atoms with Crippen LogP contribution in [-0.4, -0.2) is 19.3 Å². The molecular weight excluding hydrogens is 478 g/mol. The highest BCUT2D eigenvalue weighted by Crippen LogP contribution is 2.31. The van der Waals surface area contributed by atoms with Crippen molar-refractivity contribution >= 4 is 48.9 Å². The normalized spacial score (nSPS) is 11.3. The Hall–Kier alpha value is -4.01. The van der Waals surface area contributed by atoms with E-state index in [1.54, 1.807) is 48.5 Å². The summed E-state index contributed by atoms with van der Waals surface area (Å²) in [5.41, 5.74) is 3.54. The Bertz CT molecular complexity index is 1620. The van der Waals surface area contributed by atoms with Crippen LogP contribution >= 0.6 is 11.3 Å². The Morgan fingerprint density at radius 2 is 1.57 bits per heavy atom. The zero-order valence-corrected chi connectivity index (χ0v) is 20.4. The first-order chi connectivity index (χ1) is 16.9. The molecule has 1 aromatic heterocycles. The van der Waals surface area contributed by atoms with Crippen LogP contribution in [0.2, 0.25) is 0 Å².